The van der Waals surface area contributed by atoms with Crippen LogP contribution in [0.1, 0.15) is 52.9 Å². The van der Waals surface area contributed by atoms with Gasteiger partial charge >= 0.3 is 0 Å². The van der Waals surface area contributed by atoms with Crippen LogP contribution < -0.4 is 5.73 Å². The number of thioether (sulfide) groups is 1. The van der Waals surface area contributed by atoms with Crippen LogP contribution in [0.25, 0.3) is 0 Å². The maximum Gasteiger partial charge on any atom is 0.0963 e. The highest BCUT2D eigenvalue weighted by Gasteiger charge is 2.20. The van der Waals surface area contributed by atoms with Crippen LogP contribution in [0.4, 0.5) is 0 Å². The molecule has 0 radical (unpaired) electrons. The molecule has 0 aromatic rings. The molecule has 0 rings (SSSR count). The van der Waals surface area contributed by atoms with Gasteiger partial charge < -0.3 is 5.73 Å². The first-order valence-corrected chi connectivity index (χ1v) is 7.08. The lowest BCUT2D eigenvalue weighted by Crippen LogP contribution is -2.30. The zero-order chi connectivity index (χ0) is 11.7. The monoisotopic (exact) mass is 230 g/mol. The Morgan fingerprint density at radius 1 is 1.20 bits per heavy atom. The Morgan fingerprint density at radius 2 is 1.80 bits per heavy atom. The topological polar surface area (TPSA) is 49.9 Å². The molecule has 3 N–H and O–H groups in total. The van der Waals surface area contributed by atoms with E-state index in [0.29, 0.717) is 5.84 Å². The van der Waals surface area contributed by atoms with Crippen LogP contribution in [-0.2, 0) is 0 Å². The molecule has 0 fully saturated rings. The second-order valence-electron chi connectivity index (χ2n) is 4.72. The molecular weight excluding hydrogens is 204 g/mol. The maximum absolute atomic E-state index is 7.44. The summed E-state index contributed by atoms with van der Waals surface area (Å²) >= 11 is 2.03. The fraction of sp³-hybridized carbons (Fsp3) is 0.917. The van der Waals surface area contributed by atoms with Gasteiger partial charge in [-0.25, -0.2) is 0 Å². The van der Waals surface area contributed by atoms with Gasteiger partial charge in [0.25, 0.3) is 0 Å². The summed E-state index contributed by atoms with van der Waals surface area (Å²) in [7, 11) is 0. The minimum atomic E-state index is -0.107. The molecule has 0 saturated heterocycles. The first-order valence-electron chi connectivity index (χ1n) is 5.93. The molecule has 0 bridgehead atoms. The molecular formula is C12H26N2S. The summed E-state index contributed by atoms with van der Waals surface area (Å²) in [5, 5.41) is 7.44. The van der Waals surface area contributed by atoms with Crippen molar-refractivity contribution in [3.8, 4) is 0 Å². The van der Waals surface area contributed by atoms with Gasteiger partial charge in [0, 0.05) is 5.41 Å². The van der Waals surface area contributed by atoms with Crippen molar-refractivity contribution in [2.24, 2.45) is 11.1 Å². The first-order chi connectivity index (χ1) is 7.00. The summed E-state index contributed by atoms with van der Waals surface area (Å²) in [6, 6.07) is 0. The normalized spacial score (nSPS) is 11.7. The fourth-order valence-corrected chi connectivity index (χ4v) is 2.27. The van der Waals surface area contributed by atoms with Gasteiger partial charge in [-0.05, 0) is 30.8 Å². The van der Waals surface area contributed by atoms with E-state index in [1.807, 2.05) is 11.8 Å². The van der Waals surface area contributed by atoms with Crippen LogP contribution in [0.2, 0.25) is 0 Å². The van der Waals surface area contributed by atoms with E-state index in [0.717, 1.165) is 6.42 Å². The summed E-state index contributed by atoms with van der Waals surface area (Å²) in [5.41, 5.74) is 5.42. The van der Waals surface area contributed by atoms with E-state index in [9.17, 15) is 0 Å². The molecule has 3 heteroatoms. The van der Waals surface area contributed by atoms with Crippen molar-refractivity contribution in [1.82, 2.24) is 0 Å². The lowest BCUT2D eigenvalue weighted by Gasteiger charge is -2.22. The molecule has 0 amide bonds. The molecule has 0 aromatic carbocycles. The summed E-state index contributed by atoms with van der Waals surface area (Å²) in [4.78, 5) is 0. The Bertz CT molecular complexity index is 178. The van der Waals surface area contributed by atoms with Crippen molar-refractivity contribution in [2.75, 3.05) is 11.5 Å². The molecule has 0 heterocycles. The third kappa shape index (κ3) is 7.71. The number of nitrogens with two attached hydrogens (primary N) is 1. The van der Waals surface area contributed by atoms with E-state index in [2.05, 4.69) is 20.8 Å². The Hall–Kier alpha value is -0.180. The van der Waals surface area contributed by atoms with Crippen LogP contribution in [0.3, 0.4) is 0 Å². The van der Waals surface area contributed by atoms with Gasteiger partial charge in [-0.2, -0.15) is 11.8 Å². The minimum Gasteiger partial charge on any atom is -0.387 e. The quantitative estimate of drug-likeness (QED) is 0.361. The van der Waals surface area contributed by atoms with Crippen molar-refractivity contribution in [1.29, 1.82) is 5.41 Å². The number of hydrogen-bond donors (Lipinski definition) is 2. The largest absolute Gasteiger partial charge is 0.387 e. The highest BCUT2D eigenvalue weighted by atomic mass is 32.2. The van der Waals surface area contributed by atoms with Gasteiger partial charge in [0.15, 0.2) is 0 Å². The Kier molecular flexibility index (Phi) is 7.93. The predicted molar refractivity (Wildman–Crippen MR) is 71.8 cm³/mol. The molecule has 0 atom stereocenters. The van der Waals surface area contributed by atoms with Crippen LogP contribution >= 0.6 is 11.8 Å². The Balaban J connectivity index is 3.35. The Labute approximate surface area is 98.9 Å². The maximum atomic E-state index is 7.44. The van der Waals surface area contributed by atoms with Crippen molar-refractivity contribution in [2.45, 2.75) is 52.9 Å². The van der Waals surface area contributed by atoms with Crippen LogP contribution in [0.5, 0.6) is 0 Å². The average Bonchev–Trinajstić information content (AvgIpc) is 2.16. The molecule has 2 nitrogen and oxygen atoms in total. The van der Waals surface area contributed by atoms with Gasteiger partial charge in [0.2, 0.25) is 0 Å². The lowest BCUT2D eigenvalue weighted by atomic mass is 9.87. The summed E-state index contributed by atoms with van der Waals surface area (Å²) < 4.78 is 0. The second-order valence-corrected chi connectivity index (χ2v) is 5.95. The van der Waals surface area contributed by atoms with Gasteiger partial charge in [-0.1, -0.05) is 33.6 Å². The van der Waals surface area contributed by atoms with Crippen molar-refractivity contribution < 1.29 is 0 Å². The van der Waals surface area contributed by atoms with Crippen LogP contribution in [0, 0.1) is 10.8 Å². The standard InChI is InChI=1S/C12H26N2S/c1-4-5-6-9-15-10-7-8-12(2,3)11(13)14/h4-10H2,1-3H3,(H3,13,14). The summed E-state index contributed by atoms with van der Waals surface area (Å²) in [6.07, 6.45) is 6.20. The summed E-state index contributed by atoms with van der Waals surface area (Å²) in [6.45, 7) is 6.34. The first kappa shape index (κ1) is 14.8. The number of rotatable bonds is 9. The van der Waals surface area contributed by atoms with E-state index in [1.54, 1.807) is 0 Å². The second kappa shape index (κ2) is 8.03. The Morgan fingerprint density at radius 3 is 2.33 bits per heavy atom. The smallest absolute Gasteiger partial charge is 0.0963 e. The van der Waals surface area contributed by atoms with Gasteiger partial charge in [-0.15, -0.1) is 0 Å². The molecule has 0 aliphatic carbocycles. The van der Waals surface area contributed by atoms with E-state index >= 15 is 0 Å². The molecule has 0 unspecified atom stereocenters. The molecule has 0 aliphatic rings. The zero-order valence-electron chi connectivity index (χ0n) is 10.4. The minimum absolute atomic E-state index is 0.107. The predicted octanol–water partition coefficient (Wildman–Crippen LogP) is 3.65. The van der Waals surface area contributed by atoms with Gasteiger partial charge in [0.05, 0.1) is 5.84 Å². The van der Waals surface area contributed by atoms with E-state index < -0.39 is 0 Å². The third-order valence-electron chi connectivity index (χ3n) is 2.71. The van der Waals surface area contributed by atoms with Gasteiger partial charge in [0.1, 0.15) is 0 Å². The lowest BCUT2D eigenvalue weighted by molar-refractivity contribution is 0.464. The van der Waals surface area contributed by atoms with Gasteiger partial charge in [-0.3, -0.25) is 5.41 Å². The summed E-state index contributed by atoms with van der Waals surface area (Å²) in [5.74, 6) is 2.81. The van der Waals surface area contributed by atoms with Crippen molar-refractivity contribution in [3.63, 3.8) is 0 Å². The number of unbranched alkanes of at least 4 members (excludes halogenated alkanes) is 2. The molecule has 0 aromatic heterocycles. The SMILES string of the molecule is CCCCCSCCCC(C)(C)C(=N)N. The van der Waals surface area contributed by atoms with Crippen LogP contribution in [-0.4, -0.2) is 17.3 Å². The molecule has 0 spiro atoms. The molecule has 15 heavy (non-hydrogen) atoms. The van der Waals surface area contributed by atoms with E-state index in [1.165, 1.54) is 37.2 Å². The number of nitrogens with one attached hydrogen (secondary N) is 1. The highest BCUT2D eigenvalue weighted by molar-refractivity contribution is 7.99. The molecule has 0 aliphatic heterocycles. The van der Waals surface area contributed by atoms with E-state index in [-0.39, 0.29) is 5.41 Å². The number of amidine groups is 1. The molecule has 0 saturated carbocycles. The highest BCUT2D eigenvalue weighted by Crippen LogP contribution is 2.23. The van der Waals surface area contributed by atoms with E-state index in [4.69, 9.17) is 11.1 Å². The zero-order valence-corrected chi connectivity index (χ0v) is 11.3. The average molecular weight is 230 g/mol. The van der Waals surface area contributed by atoms with Crippen LogP contribution in [0.15, 0.2) is 0 Å². The fourth-order valence-electron chi connectivity index (χ4n) is 1.31. The van der Waals surface area contributed by atoms with Crippen molar-refractivity contribution >= 4 is 17.6 Å². The molecule has 90 valence electrons. The van der Waals surface area contributed by atoms with Crippen molar-refractivity contribution in [3.05, 3.63) is 0 Å². The third-order valence-corrected chi connectivity index (χ3v) is 3.87. The number of hydrogen-bond acceptors (Lipinski definition) is 2.